The van der Waals surface area contributed by atoms with Gasteiger partial charge in [-0.15, -0.1) is 0 Å². The van der Waals surface area contributed by atoms with Crippen molar-refractivity contribution in [1.29, 1.82) is 0 Å². The van der Waals surface area contributed by atoms with E-state index in [9.17, 15) is 14.4 Å². The maximum absolute atomic E-state index is 13.2. The summed E-state index contributed by atoms with van der Waals surface area (Å²) < 4.78 is 13.8. The molecule has 9 heteroatoms. The van der Waals surface area contributed by atoms with Crippen LogP contribution in [0.25, 0.3) is 6.08 Å². The molecule has 36 heavy (non-hydrogen) atoms. The Morgan fingerprint density at radius 3 is 2.31 bits per heavy atom. The third-order valence-electron chi connectivity index (χ3n) is 5.33. The zero-order valence-electron chi connectivity index (χ0n) is 19.5. The van der Waals surface area contributed by atoms with Crippen LogP contribution < -0.4 is 19.7 Å². The van der Waals surface area contributed by atoms with Crippen molar-refractivity contribution in [2.24, 2.45) is 0 Å². The van der Waals surface area contributed by atoms with E-state index in [2.05, 4.69) is 50.5 Å². The van der Waals surface area contributed by atoms with Crippen molar-refractivity contribution in [1.82, 2.24) is 5.32 Å². The number of ether oxygens (including phenoxy) is 2. The second-order valence-corrected chi connectivity index (χ2v) is 10.4. The quantitative estimate of drug-likeness (QED) is 0.189. The average molecular weight is 708 g/mol. The standard InChI is InChI=1S/C27H22I2N2O5/c1-3-35-23-14-18(13-22(29)24(23)36-15-17-6-8-19(28)9-7-17)12-21-25(32)30-27(34)31(26(21)33)20-10-4-16(2)5-11-20/h4-14H,3,15H2,1-2H3,(H,30,32,34)/b21-12+. The number of urea groups is 1. The number of imide groups is 2. The van der Waals surface area contributed by atoms with Gasteiger partial charge >= 0.3 is 6.03 Å². The lowest BCUT2D eigenvalue weighted by atomic mass is 10.1. The minimum atomic E-state index is -0.782. The van der Waals surface area contributed by atoms with Crippen LogP contribution in [0.2, 0.25) is 0 Å². The number of aryl methyl sites for hydroxylation is 1. The molecule has 4 rings (SSSR count). The van der Waals surface area contributed by atoms with E-state index in [1.54, 1.807) is 36.4 Å². The number of amides is 4. The highest BCUT2D eigenvalue weighted by molar-refractivity contribution is 14.1. The van der Waals surface area contributed by atoms with Crippen molar-refractivity contribution in [2.75, 3.05) is 11.5 Å². The number of carbonyl (C=O) groups excluding carboxylic acids is 3. The van der Waals surface area contributed by atoms with Gasteiger partial charge in [-0.1, -0.05) is 29.8 Å². The first-order chi connectivity index (χ1) is 17.3. The van der Waals surface area contributed by atoms with Gasteiger partial charge in [-0.2, -0.15) is 0 Å². The molecule has 0 spiro atoms. The summed E-state index contributed by atoms with van der Waals surface area (Å²) in [6.07, 6.45) is 1.46. The summed E-state index contributed by atoms with van der Waals surface area (Å²) in [5.41, 5.74) is 2.80. The number of nitrogens with one attached hydrogen (secondary N) is 1. The van der Waals surface area contributed by atoms with E-state index in [1.807, 2.05) is 38.1 Å². The van der Waals surface area contributed by atoms with Gasteiger partial charge < -0.3 is 9.47 Å². The third kappa shape index (κ3) is 5.89. The van der Waals surface area contributed by atoms with Crippen LogP contribution in [0.1, 0.15) is 23.6 Å². The molecule has 1 aliphatic rings. The third-order valence-corrected chi connectivity index (χ3v) is 6.85. The van der Waals surface area contributed by atoms with Crippen LogP contribution in [0.5, 0.6) is 11.5 Å². The normalized spacial score (nSPS) is 14.7. The topological polar surface area (TPSA) is 84.9 Å². The Bertz CT molecular complexity index is 1350. The number of anilines is 1. The summed E-state index contributed by atoms with van der Waals surface area (Å²) in [5.74, 6) is -0.370. The highest BCUT2D eigenvalue weighted by Gasteiger charge is 2.36. The van der Waals surface area contributed by atoms with Gasteiger partial charge in [-0.05, 0) is 113 Å². The Balaban J connectivity index is 1.65. The molecule has 3 aromatic carbocycles. The number of benzene rings is 3. The molecule has 1 heterocycles. The molecule has 0 saturated carbocycles. The van der Waals surface area contributed by atoms with Gasteiger partial charge in [-0.3, -0.25) is 14.9 Å². The summed E-state index contributed by atoms with van der Waals surface area (Å²) in [6.45, 7) is 4.54. The Morgan fingerprint density at radius 1 is 0.944 bits per heavy atom. The first kappa shape index (κ1) is 26.1. The lowest BCUT2D eigenvalue weighted by Gasteiger charge is -2.26. The number of hydrogen-bond donors (Lipinski definition) is 1. The minimum absolute atomic E-state index is 0.152. The molecule has 1 N–H and O–H groups in total. The van der Waals surface area contributed by atoms with Crippen LogP contribution in [-0.4, -0.2) is 24.5 Å². The molecule has 0 aliphatic carbocycles. The molecule has 1 aliphatic heterocycles. The first-order valence-corrected chi connectivity index (χ1v) is 13.2. The fourth-order valence-corrected chi connectivity index (χ4v) is 4.70. The van der Waals surface area contributed by atoms with Gasteiger partial charge in [0.2, 0.25) is 0 Å². The molecule has 0 unspecified atom stereocenters. The maximum Gasteiger partial charge on any atom is 0.335 e. The van der Waals surface area contributed by atoms with Crippen LogP contribution in [0.3, 0.4) is 0 Å². The van der Waals surface area contributed by atoms with Crippen molar-refractivity contribution < 1.29 is 23.9 Å². The average Bonchev–Trinajstić information content (AvgIpc) is 2.83. The predicted molar refractivity (Wildman–Crippen MR) is 154 cm³/mol. The van der Waals surface area contributed by atoms with E-state index in [0.29, 0.717) is 36.0 Å². The summed E-state index contributed by atoms with van der Waals surface area (Å²) in [6, 6.07) is 17.7. The first-order valence-electron chi connectivity index (χ1n) is 11.1. The number of halogens is 2. The van der Waals surface area contributed by atoms with E-state index in [4.69, 9.17) is 9.47 Å². The molecule has 184 valence electrons. The van der Waals surface area contributed by atoms with Crippen molar-refractivity contribution in [2.45, 2.75) is 20.5 Å². The summed E-state index contributed by atoms with van der Waals surface area (Å²) in [7, 11) is 0. The van der Waals surface area contributed by atoms with Crippen LogP contribution in [0.15, 0.2) is 66.2 Å². The number of carbonyl (C=O) groups is 3. The molecule has 0 aromatic heterocycles. The lowest BCUT2D eigenvalue weighted by molar-refractivity contribution is -0.122. The van der Waals surface area contributed by atoms with E-state index >= 15 is 0 Å². The Morgan fingerprint density at radius 2 is 1.64 bits per heavy atom. The highest BCUT2D eigenvalue weighted by atomic mass is 127. The zero-order valence-corrected chi connectivity index (χ0v) is 23.8. The molecule has 0 radical (unpaired) electrons. The Kier molecular flexibility index (Phi) is 8.29. The van der Waals surface area contributed by atoms with Gasteiger partial charge in [0.05, 0.1) is 15.9 Å². The summed E-state index contributed by atoms with van der Waals surface area (Å²) in [5, 5.41) is 2.25. The van der Waals surface area contributed by atoms with E-state index in [-0.39, 0.29) is 5.57 Å². The largest absolute Gasteiger partial charge is 0.490 e. The second-order valence-electron chi connectivity index (χ2n) is 7.97. The fraction of sp³-hybridized carbons (Fsp3) is 0.148. The van der Waals surface area contributed by atoms with Crippen molar-refractivity contribution in [3.05, 3.63) is 90.1 Å². The van der Waals surface area contributed by atoms with E-state index < -0.39 is 17.8 Å². The van der Waals surface area contributed by atoms with Crippen molar-refractivity contribution in [3.8, 4) is 11.5 Å². The van der Waals surface area contributed by atoms with Gasteiger partial charge in [0.1, 0.15) is 12.2 Å². The van der Waals surface area contributed by atoms with Crippen LogP contribution in [-0.2, 0) is 16.2 Å². The lowest BCUT2D eigenvalue weighted by Crippen LogP contribution is -2.54. The molecular formula is C27H22I2N2O5. The monoisotopic (exact) mass is 708 g/mol. The molecule has 4 amide bonds. The van der Waals surface area contributed by atoms with E-state index in [0.717, 1.165) is 23.2 Å². The predicted octanol–water partition coefficient (Wildman–Crippen LogP) is 5.85. The summed E-state index contributed by atoms with van der Waals surface area (Å²) >= 11 is 4.39. The molecular weight excluding hydrogens is 686 g/mol. The molecule has 0 bridgehead atoms. The highest BCUT2D eigenvalue weighted by Crippen LogP contribution is 2.36. The van der Waals surface area contributed by atoms with Crippen molar-refractivity contribution >= 4 is 74.8 Å². The number of barbiturate groups is 1. The van der Waals surface area contributed by atoms with Crippen LogP contribution >= 0.6 is 45.2 Å². The Hall–Kier alpha value is -2.93. The van der Waals surface area contributed by atoms with Crippen LogP contribution in [0, 0.1) is 14.1 Å². The zero-order chi connectivity index (χ0) is 25.8. The SMILES string of the molecule is CCOc1cc(/C=C2\C(=O)NC(=O)N(c3ccc(C)cc3)C2=O)cc(I)c1OCc1ccc(I)cc1. The number of hydrogen-bond acceptors (Lipinski definition) is 5. The van der Waals surface area contributed by atoms with Gasteiger partial charge in [0.15, 0.2) is 11.5 Å². The smallest absolute Gasteiger partial charge is 0.335 e. The van der Waals surface area contributed by atoms with Gasteiger partial charge in [0.25, 0.3) is 11.8 Å². The van der Waals surface area contributed by atoms with Crippen molar-refractivity contribution in [3.63, 3.8) is 0 Å². The summed E-state index contributed by atoms with van der Waals surface area (Å²) in [4.78, 5) is 39.2. The fourth-order valence-electron chi connectivity index (χ4n) is 3.56. The molecule has 1 saturated heterocycles. The van der Waals surface area contributed by atoms with Crippen LogP contribution in [0.4, 0.5) is 10.5 Å². The molecule has 1 fully saturated rings. The molecule has 0 atom stereocenters. The number of nitrogens with zero attached hydrogens (tertiary/aromatic N) is 1. The minimum Gasteiger partial charge on any atom is -0.490 e. The second kappa shape index (κ2) is 11.4. The molecule has 7 nitrogen and oxygen atoms in total. The van der Waals surface area contributed by atoms with Gasteiger partial charge in [-0.25, -0.2) is 9.69 Å². The Labute approximate surface area is 236 Å². The number of rotatable bonds is 7. The maximum atomic E-state index is 13.2. The van der Waals surface area contributed by atoms with Gasteiger partial charge in [0, 0.05) is 3.57 Å². The molecule has 3 aromatic rings. The van der Waals surface area contributed by atoms with E-state index in [1.165, 1.54) is 6.08 Å².